The van der Waals surface area contributed by atoms with Crippen molar-refractivity contribution in [3.63, 3.8) is 0 Å². The molecule has 1 aromatic heterocycles. The number of hydrogen-bond donors (Lipinski definition) is 1. The van der Waals surface area contributed by atoms with Gasteiger partial charge in [0.2, 0.25) is 0 Å². The fourth-order valence-corrected chi connectivity index (χ4v) is 4.53. The van der Waals surface area contributed by atoms with Crippen LogP contribution in [0.1, 0.15) is 23.4 Å². The van der Waals surface area contributed by atoms with Crippen LogP contribution in [0.5, 0.6) is 0 Å². The molecule has 0 aliphatic heterocycles. The lowest BCUT2D eigenvalue weighted by Crippen LogP contribution is -2.22. The Kier molecular flexibility index (Phi) is 6.39. The van der Waals surface area contributed by atoms with Crippen LogP contribution in [-0.2, 0) is 6.42 Å². The Balaban J connectivity index is 2.27. The molecule has 0 saturated carbocycles. The van der Waals surface area contributed by atoms with Crippen LogP contribution >= 0.6 is 66.4 Å². The van der Waals surface area contributed by atoms with Crippen molar-refractivity contribution in [1.29, 1.82) is 0 Å². The van der Waals surface area contributed by atoms with Crippen molar-refractivity contribution in [3.05, 3.63) is 53.0 Å². The quantitative estimate of drug-likeness (QED) is 0.542. The molecule has 0 saturated heterocycles. The number of benzene rings is 1. The smallest absolute Gasteiger partial charge is 0.0843 e. The fraction of sp³-hybridized carbons (Fsp3) is 0.286. The predicted octanol–water partition coefficient (Wildman–Crippen LogP) is 6.47. The average Bonchev–Trinajstić information content (AvgIpc) is 2.73. The molecule has 0 aliphatic carbocycles. The zero-order valence-electron chi connectivity index (χ0n) is 10.7. The van der Waals surface area contributed by atoms with Crippen LogP contribution < -0.4 is 5.32 Å². The molecule has 1 aromatic carbocycles. The van der Waals surface area contributed by atoms with Crippen molar-refractivity contribution in [2.75, 3.05) is 6.54 Å². The van der Waals surface area contributed by atoms with Crippen LogP contribution in [0.2, 0.25) is 10.0 Å². The Morgan fingerprint density at radius 3 is 2.60 bits per heavy atom. The van der Waals surface area contributed by atoms with Gasteiger partial charge in [0.25, 0.3) is 0 Å². The van der Waals surface area contributed by atoms with Crippen LogP contribution in [0, 0.1) is 0 Å². The van der Waals surface area contributed by atoms with E-state index in [0.29, 0.717) is 5.02 Å². The van der Waals surface area contributed by atoms with Gasteiger partial charge in [0, 0.05) is 25.4 Å². The molecule has 0 aliphatic rings. The molecule has 1 unspecified atom stereocenters. The Bertz CT molecular complexity index is 581. The Labute approximate surface area is 149 Å². The highest BCUT2D eigenvalue weighted by molar-refractivity contribution is 9.13. The van der Waals surface area contributed by atoms with E-state index in [4.69, 9.17) is 23.2 Å². The number of thiophene rings is 1. The minimum Gasteiger partial charge on any atom is -0.309 e. The van der Waals surface area contributed by atoms with Gasteiger partial charge in [-0.25, -0.2) is 0 Å². The van der Waals surface area contributed by atoms with Gasteiger partial charge in [-0.05, 0) is 74.7 Å². The van der Waals surface area contributed by atoms with E-state index in [1.54, 1.807) is 11.3 Å². The predicted molar refractivity (Wildman–Crippen MR) is 96.3 cm³/mol. The van der Waals surface area contributed by atoms with E-state index in [9.17, 15) is 0 Å². The highest BCUT2D eigenvalue weighted by Gasteiger charge is 2.17. The lowest BCUT2D eigenvalue weighted by molar-refractivity contribution is 0.558. The maximum Gasteiger partial charge on any atom is 0.0843 e. The van der Waals surface area contributed by atoms with Gasteiger partial charge in [0.1, 0.15) is 0 Å². The number of rotatable bonds is 5. The largest absolute Gasteiger partial charge is 0.309 e. The van der Waals surface area contributed by atoms with Gasteiger partial charge in [-0.3, -0.25) is 0 Å². The van der Waals surface area contributed by atoms with Gasteiger partial charge in [-0.15, -0.1) is 11.3 Å². The van der Waals surface area contributed by atoms with Gasteiger partial charge in [-0.1, -0.05) is 30.1 Å². The first kappa shape index (κ1) is 16.8. The van der Waals surface area contributed by atoms with Crippen molar-refractivity contribution < 1.29 is 0 Å². The number of likely N-dealkylation sites (N-methyl/N-ethyl adjacent to an activating group) is 1. The summed E-state index contributed by atoms with van der Waals surface area (Å²) >= 11 is 21.1. The van der Waals surface area contributed by atoms with Crippen molar-refractivity contribution >= 4 is 66.4 Å². The second-order valence-electron chi connectivity index (χ2n) is 4.32. The molecule has 0 bridgehead atoms. The third-order valence-corrected chi connectivity index (χ3v) is 6.86. The highest BCUT2D eigenvalue weighted by atomic mass is 79.9. The molecule has 0 radical (unpaired) electrons. The SMILES string of the molecule is CCNC(Cc1cc(Cl)ccc1Cl)c1cc(Br)c(Br)s1. The first-order chi connectivity index (χ1) is 9.51. The maximum atomic E-state index is 6.26. The zero-order valence-corrected chi connectivity index (χ0v) is 16.2. The van der Waals surface area contributed by atoms with Crippen LogP contribution in [-0.4, -0.2) is 6.54 Å². The van der Waals surface area contributed by atoms with Crippen LogP contribution in [0.15, 0.2) is 32.5 Å². The standard InChI is InChI=1S/C14H13Br2Cl2NS/c1-2-19-12(13-7-10(15)14(16)20-13)6-8-5-9(17)3-4-11(8)18/h3-5,7,12,19H,2,6H2,1H3. The molecular weight excluding hydrogens is 445 g/mol. The minimum atomic E-state index is 0.226. The summed E-state index contributed by atoms with van der Waals surface area (Å²) in [7, 11) is 0. The van der Waals surface area contributed by atoms with E-state index >= 15 is 0 Å². The van der Waals surface area contributed by atoms with Crippen molar-refractivity contribution in [3.8, 4) is 0 Å². The summed E-state index contributed by atoms with van der Waals surface area (Å²) in [5.41, 5.74) is 1.06. The molecule has 2 rings (SSSR count). The molecule has 20 heavy (non-hydrogen) atoms. The minimum absolute atomic E-state index is 0.226. The van der Waals surface area contributed by atoms with Gasteiger partial charge < -0.3 is 5.32 Å². The molecule has 2 aromatic rings. The lowest BCUT2D eigenvalue weighted by Gasteiger charge is -2.17. The second-order valence-corrected chi connectivity index (χ2v) is 8.42. The van der Waals surface area contributed by atoms with E-state index in [1.807, 2.05) is 18.2 Å². The third kappa shape index (κ3) is 4.21. The first-order valence-electron chi connectivity index (χ1n) is 6.13. The molecular formula is C14H13Br2Cl2NS. The van der Waals surface area contributed by atoms with E-state index in [0.717, 1.165) is 31.8 Å². The van der Waals surface area contributed by atoms with Gasteiger partial charge in [-0.2, -0.15) is 0 Å². The van der Waals surface area contributed by atoms with Crippen LogP contribution in [0.3, 0.4) is 0 Å². The summed E-state index contributed by atoms with van der Waals surface area (Å²) in [5, 5.41) is 4.97. The topological polar surface area (TPSA) is 12.0 Å². The number of halogens is 4. The van der Waals surface area contributed by atoms with E-state index in [1.165, 1.54) is 4.88 Å². The van der Waals surface area contributed by atoms with Crippen molar-refractivity contribution in [2.24, 2.45) is 0 Å². The Morgan fingerprint density at radius 1 is 1.25 bits per heavy atom. The van der Waals surface area contributed by atoms with Gasteiger partial charge >= 0.3 is 0 Å². The summed E-state index contributed by atoms with van der Waals surface area (Å²) in [6.07, 6.45) is 0.812. The molecule has 1 nitrogen and oxygen atoms in total. The van der Waals surface area contributed by atoms with Crippen molar-refractivity contribution in [2.45, 2.75) is 19.4 Å². The van der Waals surface area contributed by atoms with E-state index in [-0.39, 0.29) is 6.04 Å². The Morgan fingerprint density at radius 2 is 2.00 bits per heavy atom. The number of hydrogen-bond acceptors (Lipinski definition) is 2. The van der Waals surface area contributed by atoms with Gasteiger partial charge in [0.05, 0.1) is 3.79 Å². The maximum absolute atomic E-state index is 6.26. The average molecular weight is 458 g/mol. The molecule has 0 fully saturated rings. The summed E-state index contributed by atoms with van der Waals surface area (Å²) in [5.74, 6) is 0. The molecule has 108 valence electrons. The van der Waals surface area contributed by atoms with Crippen molar-refractivity contribution in [1.82, 2.24) is 5.32 Å². The summed E-state index contributed by atoms with van der Waals surface area (Å²) in [4.78, 5) is 1.27. The summed E-state index contributed by atoms with van der Waals surface area (Å²) in [6, 6.07) is 7.96. The fourth-order valence-electron chi connectivity index (χ4n) is 1.97. The second kappa shape index (κ2) is 7.61. The molecule has 1 N–H and O–H groups in total. The normalized spacial score (nSPS) is 12.7. The van der Waals surface area contributed by atoms with E-state index < -0.39 is 0 Å². The molecule has 6 heteroatoms. The summed E-state index contributed by atoms with van der Waals surface area (Å²) in [6.45, 7) is 3.00. The first-order valence-corrected chi connectivity index (χ1v) is 9.29. The molecule has 1 heterocycles. The molecule has 1 atom stereocenters. The lowest BCUT2D eigenvalue weighted by atomic mass is 10.0. The highest BCUT2D eigenvalue weighted by Crippen LogP contribution is 2.37. The Hall–Kier alpha value is 0.420. The monoisotopic (exact) mass is 455 g/mol. The number of nitrogens with one attached hydrogen (secondary N) is 1. The van der Waals surface area contributed by atoms with Gasteiger partial charge in [0.15, 0.2) is 0 Å². The molecule has 0 spiro atoms. The zero-order chi connectivity index (χ0) is 14.7. The third-order valence-electron chi connectivity index (χ3n) is 2.89. The van der Waals surface area contributed by atoms with E-state index in [2.05, 4.69) is 50.2 Å². The summed E-state index contributed by atoms with van der Waals surface area (Å²) < 4.78 is 2.19. The van der Waals surface area contributed by atoms with Crippen LogP contribution in [0.25, 0.3) is 0 Å². The van der Waals surface area contributed by atoms with Crippen LogP contribution in [0.4, 0.5) is 0 Å². The molecule has 0 amide bonds.